The molecular weight excluding hydrogens is 731 g/mol. The maximum absolute atomic E-state index is 15.7. The minimum Gasteiger partial charge on any atom is -0.308 e. The summed E-state index contributed by atoms with van der Waals surface area (Å²) in [4.78, 5) is 15.2. The number of aryl methyl sites for hydroxylation is 2. The second-order valence-electron chi connectivity index (χ2n) is 14.9. The molecule has 4 nitrogen and oxygen atoms in total. The molecule has 0 N–H and O–H groups in total. The zero-order valence-corrected chi connectivity index (χ0v) is 32.4. The summed E-state index contributed by atoms with van der Waals surface area (Å²) in [6.45, 7) is 4.18. The van der Waals surface area contributed by atoms with Crippen molar-refractivity contribution in [3.63, 3.8) is 0 Å². The first-order chi connectivity index (χ1) is 28.9. The minimum atomic E-state index is -0.646. The molecule has 0 aliphatic heterocycles. The Labute approximate surface area is 340 Å². The number of hydrogen-bond acceptors (Lipinski definition) is 3. The van der Waals surface area contributed by atoms with Gasteiger partial charge < -0.3 is 4.57 Å². The smallest absolute Gasteiger partial charge is 0.166 e. The van der Waals surface area contributed by atoms with E-state index in [1.165, 1.54) is 18.2 Å². The molecule has 0 radical (unpaired) electrons. The standard InChI is InChI=1S/C53H36F2N4/c1-33-12-9-18-37(28-33)39-22-25-42-43-26-23-40(38-19-10-13-34(2)29-38)31-48(43)59(47(42)30-39)49-32-41(50-45(54)20-11-21-46(50)55)24-27-44(49)53-57-51(35-14-5-3-6-15-35)56-52(58-53)36-16-7-4-8-17-36/h3-32H,1-2H3. The van der Waals surface area contributed by atoms with E-state index in [1.807, 2.05) is 72.8 Å². The molecule has 0 amide bonds. The van der Waals surface area contributed by atoms with Crippen LogP contribution >= 0.6 is 0 Å². The van der Waals surface area contributed by atoms with E-state index in [1.54, 1.807) is 6.07 Å². The van der Waals surface area contributed by atoms with E-state index in [9.17, 15) is 0 Å². The molecule has 0 aliphatic rings. The molecule has 8 aromatic carbocycles. The fraction of sp³-hybridized carbons (Fsp3) is 0.0377. The second-order valence-corrected chi connectivity index (χ2v) is 14.9. The van der Waals surface area contributed by atoms with Crippen molar-refractivity contribution in [2.24, 2.45) is 0 Å². The first-order valence-electron chi connectivity index (χ1n) is 19.6. The first-order valence-corrected chi connectivity index (χ1v) is 19.6. The van der Waals surface area contributed by atoms with E-state index in [2.05, 4.69) is 103 Å². The van der Waals surface area contributed by atoms with Crippen LogP contribution in [0.2, 0.25) is 0 Å². The van der Waals surface area contributed by atoms with Crippen LogP contribution in [-0.2, 0) is 0 Å². The molecule has 0 saturated heterocycles. The van der Waals surface area contributed by atoms with Crippen LogP contribution in [0.15, 0.2) is 182 Å². The predicted molar refractivity (Wildman–Crippen MR) is 236 cm³/mol. The molecule has 59 heavy (non-hydrogen) atoms. The molecular formula is C53H36F2N4. The summed E-state index contributed by atoms with van der Waals surface area (Å²) >= 11 is 0. The van der Waals surface area contributed by atoms with Gasteiger partial charge in [-0.25, -0.2) is 23.7 Å². The molecule has 0 aliphatic carbocycles. The van der Waals surface area contributed by atoms with Crippen molar-refractivity contribution in [1.82, 2.24) is 19.5 Å². The lowest BCUT2D eigenvalue weighted by Crippen LogP contribution is -2.04. The van der Waals surface area contributed by atoms with E-state index in [0.717, 1.165) is 66.3 Å². The van der Waals surface area contributed by atoms with Crippen molar-refractivity contribution >= 4 is 21.8 Å². The average Bonchev–Trinajstić information content (AvgIpc) is 3.59. The molecule has 10 rings (SSSR count). The molecule has 0 atom stereocenters. The van der Waals surface area contributed by atoms with Crippen molar-refractivity contribution in [2.75, 3.05) is 0 Å². The highest BCUT2D eigenvalue weighted by molar-refractivity contribution is 6.11. The van der Waals surface area contributed by atoms with Crippen molar-refractivity contribution in [3.8, 4) is 73.2 Å². The molecule has 2 heterocycles. The van der Waals surface area contributed by atoms with Crippen LogP contribution < -0.4 is 0 Å². The monoisotopic (exact) mass is 766 g/mol. The van der Waals surface area contributed by atoms with Crippen LogP contribution in [0.1, 0.15) is 11.1 Å². The lowest BCUT2D eigenvalue weighted by Gasteiger charge is -2.17. The van der Waals surface area contributed by atoms with Gasteiger partial charge >= 0.3 is 0 Å². The third-order valence-corrected chi connectivity index (χ3v) is 10.9. The lowest BCUT2D eigenvalue weighted by molar-refractivity contribution is 0.589. The van der Waals surface area contributed by atoms with Crippen molar-refractivity contribution in [2.45, 2.75) is 13.8 Å². The highest BCUT2D eigenvalue weighted by Crippen LogP contribution is 2.41. The van der Waals surface area contributed by atoms with Gasteiger partial charge in [0.05, 0.1) is 22.3 Å². The van der Waals surface area contributed by atoms with Gasteiger partial charge in [0.15, 0.2) is 17.5 Å². The van der Waals surface area contributed by atoms with E-state index in [4.69, 9.17) is 15.0 Å². The molecule has 0 saturated carbocycles. The number of nitrogens with zero attached hydrogens (tertiary/aromatic N) is 4. The van der Waals surface area contributed by atoms with E-state index >= 15 is 8.78 Å². The summed E-state index contributed by atoms with van der Waals surface area (Å²) in [6.07, 6.45) is 0. The Kier molecular flexibility index (Phi) is 8.95. The number of hydrogen-bond donors (Lipinski definition) is 0. The Morgan fingerprint density at radius 1 is 0.373 bits per heavy atom. The highest BCUT2D eigenvalue weighted by atomic mass is 19.1. The number of halogens is 2. The molecule has 0 spiro atoms. The summed E-state index contributed by atoms with van der Waals surface area (Å²) in [5.41, 5.74) is 11.7. The van der Waals surface area contributed by atoms with Gasteiger partial charge in [0.2, 0.25) is 0 Å². The van der Waals surface area contributed by atoms with Gasteiger partial charge in [0.25, 0.3) is 0 Å². The highest BCUT2D eigenvalue weighted by Gasteiger charge is 2.23. The lowest BCUT2D eigenvalue weighted by atomic mass is 10.00. The molecule has 0 bridgehead atoms. The SMILES string of the molecule is Cc1cccc(-c2ccc3c4ccc(-c5cccc(C)c5)cc4n(-c4cc(-c5c(F)cccc5F)ccc4-c4nc(-c5ccccc5)nc(-c5ccccc5)n4)c3c2)c1. The minimum absolute atomic E-state index is 0.104. The average molecular weight is 767 g/mol. The second kappa shape index (κ2) is 14.7. The largest absolute Gasteiger partial charge is 0.308 e. The number of aromatic nitrogens is 4. The maximum atomic E-state index is 15.7. The van der Waals surface area contributed by atoms with Gasteiger partial charge in [0.1, 0.15) is 11.6 Å². The molecule has 0 fully saturated rings. The van der Waals surface area contributed by atoms with Crippen LogP contribution in [0.3, 0.4) is 0 Å². The summed E-state index contributed by atoms with van der Waals surface area (Å²) in [5, 5.41) is 2.07. The van der Waals surface area contributed by atoms with Crippen molar-refractivity contribution in [1.29, 1.82) is 0 Å². The summed E-state index contributed by atoms with van der Waals surface area (Å²) in [7, 11) is 0. The van der Waals surface area contributed by atoms with Gasteiger partial charge in [0, 0.05) is 27.5 Å². The summed E-state index contributed by atoms with van der Waals surface area (Å²) < 4.78 is 33.6. The topological polar surface area (TPSA) is 43.6 Å². The van der Waals surface area contributed by atoms with Crippen molar-refractivity contribution in [3.05, 3.63) is 205 Å². The fourth-order valence-corrected chi connectivity index (χ4v) is 8.05. The third kappa shape index (κ3) is 6.64. The quantitative estimate of drug-likeness (QED) is 0.162. The third-order valence-electron chi connectivity index (χ3n) is 10.9. The van der Waals surface area contributed by atoms with Crippen LogP contribution in [0.4, 0.5) is 8.78 Å². The van der Waals surface area contributed by atoms with Crippen LogP contribution in [0.25, 0.3) is 95.0 Å². The van der Waals surface area contributed by atoms with E-state index in [0.29, 0.717) is 34.3 Å². The van der Waals surface area contributed by atoms with Crippen molar-refractivity contribution < 1.29 is 8.78 Å². The summed E-state index contributed by atoms with van der Waals surface area (Å²) in [6, 6.07) is 59.1. The van der Waals surface area contributed by atoms with Gasteiger partial charge in [-0.2, -0.15) is 0 Å². The normalized spacial score (nSPS) is 11.4. The van der Waals surface area contributed by atoms with Crippen LogP contribution in [0.5, 0.6) is 0 Å². The van der Waals surface area contributed by atoms with E-state index in [-0.39, 0.29) is 5.56 Å². The van der Waals surface area contributed by atoms with Gasteiger partial charge in [-0.3, -0.25) is 0 Å². The molecule has 2 aromatic heterocycles. The molecule has 0 unspecified atom stereocenters. The van der Waals surface area contributed by atoms with Gasteiger partial charge in [-0.15, -0.1) is 0 Å². The zero-order chi connectivity index (χ0) is 40.0. The number of fused-ring (bicyclic) bond motifs is 3. The Hall–Kier alpha value is -7.57. The zero-order valence-electron chi connectivity index (χ0n) is 32.4. The predicted octanol–water partition coefficient (Wildman–Crippen LogP) is 13.9. The van der Waals surface area contributed by atoms with Gasteiger partial charge in [-0.1, -0.05) is 157 Å². The van der Waals surface area contributed by atoms with Crippen LogP contribution in [-0.4, -0.2) is 19.5 Å². The Morgan fingerprint density at radius 2 is 0.814 bits per heavy atom. The van der Waals surface area contributed by atoms with Crippen LogP contribution in [0, 0.1) is 25.5 Å². The Balaban J connectivity index is 1.33. The van der Waals surface area contributed by atoms with E-state index < -0.39 is 11.6 Å². The Bertz CT molecular complexity index is 3030. The maximum Gasteiger partial charge on any atom is 0.166 e. The number of rotatable bonds is 7. The van der Waals surface area contributed by atoms with Gasteiger partial charge in [-0.05, 0) is 78.1 Å². The molecule has 282 valence electrons. The molecule has 10 aromatic rings. The fourth-order valence-electron chi connectivity index (χ4n) is 8.05. The molecule has 6 heteroatoms. The number of benzene rings is 8. The summed E-state index contributed by atoms with van der Waals surface area (Å²) in [5.74, 6) is 0.151. The first kappa shape index (κ1) is 35.8. The Morgan fingerprint density at radius 3 is 1.32 bits per heavy atom.